The van der Waals surface area contributed by atoms with Crippen LogP contribution < -0.4 is 10.6 Å². The molecule has 0 aliphatic heterocycles. The van der Waals surface area contributed by atoms with E-state index in [0.717, 1.165) is 11.3 Å². The second kappa shape index (κ2) is 8.96. The van der Waals surface area contributed by atoms with Crippen molar-refractivity contribution in [1.29, 1.82) is 0 Å². The SMILES string of the molecule is O=C(COC(=O)c1ccc(NC(=O)c2ccco2)s1)NCc1ccccc1F. The summed E-state index contributed by atoms with van der Waals surface area (Å²) in [5.74, 6) is -1.99. The maximum absolute atomic E-state index is 13.5. The molecule has 0 saturated heterocycles. The molecule has 0 radical (unpaired) electrons. The number of halogens is 1. The first-order valence-corrected chi connectivity index (χ1v) is 8.96. The number of anilines is 1. The number of carbonyl (C=O) groups excluding carboxylic acids is 3. The van der Waals surface area contributed by atoms with E-state index < -0.39 is 30.2 Å². The van der Waals surface area contributed by atoms with E-state index in [9.17, 15) is 18.8 Å². The lowest BCUT2D eigenvalue weighted by Gasteiger charge is -2.06. The van der Waals surface area contributed by atoms with Gasteiger partial charge in [0.2, 0.25) is 0 Å². The topological polar surface area (TPSA) is 97.6 Å². The standard InChI is InChI=1S/C19H15FN2O5S/c20-13-5-2-1-4-12(13)10-21-16(23)11-27-19(25)15-7-8-17(28-15)22-18(24)14-6-3-9-26-14/h1-9H,10-11H2,(H,21,23)(H,22,24). The van der Waals surface area contributed by atoms with Crippen molar-refractivity contribution in [2.24, 2.45) is 0 Å². The average molecular weight is 402 g/mol. The van der Waals surface area contributed by atoms with Crippen molar-refractivity contribution in [2.45, 2.75) is 6.54 Å². The van der Waals surface area contributed by atoms with Gasteiger partial charge in [-0.05, 0) is 30.3 Å². The molecule has 9 heteroatoms. The molecule has 3 rings (SSSR count). The van der Waals surface area contributed by atoms with Crippen LogP contribution in [0.1, 0.15) is 25.8 Å². The summed E-state index contributed by atoms with van der Waals surface area (Å²) in [6.45, 7) is -0.510. The number of ether oxygens (including phenoxy) is 1. The van der Waals surface area contributed by atoms with Crippen molar-refractivity contribution in [3.63, 3.8) is 0 Å². The summed E-state index contributed by atoms with van der Waals surface area (Å²) < 4.78 is 23.4. The highest BCUT2D eigenvalue weighted by molar-refractivity contribution is 7.18. The Labute approximate surface area is 163 Å². The van der Waals surface area contributed by atoms with Crippen LogP contribution in [0.2, 0.25) is 0 Å². The van der Waals surface area contributed by atoms with Crippen LogP contribution in [0.25, 0.3) is 0 Å². The first-order valence-electron chi connectivity index (χ1n) is 8.15. The Bertz CT molecular complexity index is 984. The number of furan rings is 1. The minimum Gasteiger partial charge on any atom is -0.459 e. The van der Waals surface area contributed by atoms with Crippen LogP contribution in [0.5, 0.6) is 0 Å². The quantitative estimate of drug-likeness (QED) is 0.592. The summed E-state index contributed by atoms with van der Waals surface area (Å²) in [4.78, 5) is 35.9. The third kappa shape index (κ3) is 5.04. The molecule has 0 unspecified atom stereocenters. The molecule has 2 N–H and O–H groups in total. The van der Waals surface area contributed by atoms with Gasteiger partial charge in [-0.1, -0.05) is 18.2 Å². The molecule has 3 aromatic rings. The molecule has 0 atom stereocenters. The first kappa shape index (κ1) is 19.3. The summed E-state index contributed by atoms with van der Waals surface area (Å²) in [5, 5.41) is 5.49. The van der Waals surface area contributed by atoms with Crippen LogP contribution in [0.15, 0.2) is 59.2 Å². The van der Waals surface area contributed by atoms with Gasteiger partial charge in [0.25, 0.3) is 11.8 Å². The molecular weight excluding hydrogens is 387 g/mol. The van der Waals surface area contributed by atoms with Gasteiger partial charge in [0.05, 0.1) is 11.3 Å². The molecule has 0 bridgehead atoms. The van der Waals surface area contributed by atoms with Crippen molar-refractivity contribution in [1.82, 2.24) is 5.32 Å². The second-order valence-corrected chi connectivity index (χ2v) is 6.62. The highest BCUT2D eigenvalue weighted by atomic mass is 32.1. The fourth-order valence-corrected chi connectivity index (χ4v) is 2.98. The molecule has 0 spiro atoms. The minimum atomic E-state index is -0.704. The molecule has 7 nitrogen and oxygen atoms in total. The van der Waals surface area contributed by atoms with E-state index in [1.54, 1.807) is 30.3 Å². The van der Waals surface area contributed by atoms with Crippen LogP contribution >= 0.6 is 11.3 Å². The van der Waals surface area contributed by atoms with Gasteiger partial charge in [-0.15, -0.1) is 11.3 Å². The summed E-state index contributed by atoms with van der Waals surface area (Å²) in [6, 6.07) is 12.2. The molecular formula is C19H15FN2O5S. The van der Waals surface area contributed by atoms with E-state index in [2.05, 4.69) is 10.6 Å². The Hall–Kier alpha value is -3.46. The molecule has 2 amide bonds. The number of hydrogen-bond acceptors (Lipinski definition) is 6. The fraction of sp³-hybridized carbons (Fsp3) is 0.105. The third-order valence-corrected chi connectivity index (χ3v) is 4.54. The fourth-order valence-electron chi connectivity index (χ4n) is 2.18. The van der Waals surface area contributed by atoms with Gasteiger partial charge in [0, 0.05) is 12.1 Å². The number of hydrogen-bond donors (Lipinski definition) is 2. The van der Waals surface area contributed by atoms with Crippen molar-refractivity contribution < 1.29 is 27.9 Å². The Morgan fingerprint density at radius 1 is 1.07 bits per heavy atom. The zero-order valence-electron chi connectivity index (χ0n) is 14.4. The number of carbonyl (C=O) groups is 3. The summed E-state index contributed by atoms with van der Waals surface area (Å²) >= 11 is 1.00. The van der Waals surface area contributed by atoms with Gasteiger partial charge in [-0.25, -0.2) is 9.18 Å². The van der Waals surface area contributed by atoms with Crippen LogP contribution in [0.3, 0.4) is 0 Å². The lowest BCUT2D eigenvalue weighted by Crippen LogP contribution is -2.28. The Morgan fingerprint density at radius 3 is 2.64 bits per heavy atom. The maximum Gasteiger partial charge on any atom is 0.348 e. The molecule has 2 aromatic heterocycles. The number of benzene rings is 1. The van der Waals surface area contributed by atoms with E-state index in [0.29, 0.717) is 10.6 Å². The van der Waals surface area contributed by atoms with Gasteiger partial charge >= 0.3 is 5.97 Å². The molecule has 1 aromatic carbocycles. The predicted molar refractivity (Wildman–Crippen MR) is 99.5 cm³/mol. The third-order valence-electron chi connectivity index (χ3n) is 3.56. The molecule has 28 heavy (non-hydrogen) atoms. The number of amides is 2. The van der Waals surface area contributed by atoms with Crippen LogP contribution in [-0.4, -0.2) is 24.4 Å². The van der Waals surface area contributed by atoms with E-state index in [4.69, 9.17) is 9.15 Å². The smallest absolute Gasteiger partial charge is 0.348 e. The van der Waals surface area contributed by atoms with Crippen LogP contribution in [0.4, 0.5) is 9.39 Å². The Balaban J connectivity index is 1.46. The number of esters is 1. The number of nitrogens with one attached hydrogen (secondary N) is 2. The van der Waals surface area contributed by atoms with Gasteiger partial charge in [-0.3, -0.25) is 9.59 Å². The maximum atomic E-state index is 13.5. The largest absolute Gasteiger partial charge is 0.459 e. The molecule has 2 heterocycles. The lowest BCUT2D eigenvalue weighted by atomic mass is 10.2. The first-order chi connectivity index (χ1) is 13.5. The number of thiophene rings is 1. The number of rotatable bonds is 7. The lowest BCUT2D eigenvalue weighted by molar-refractivity contribution is -0.124. The summed E-state index contributed by atoms with van der Waals surface area (Å²) in [5.41, 5.74) is 0.331. The Kier molecular flexibility index (Phi) is 6.18. The van der Waals surface area contributed by atoms with Crippen molar-refractivity contribution >= 4 is 34.1 Å². The highest BCUT2D eigenvalue weighted by Crippen LogP contribution is 2.23. The van der Waals surface area contributed by atoms with E-state index in [1.165, 1.54) is 24.5 Å². The van der Waals surface area contributed by atoms with E-state index in [1.807, 2.05) is 0 Å². The Morgan fingerprint density at radius 2 is 1.89 bits per heavy atom. The van der Waals surface area contributed by atoms with Gasteiger partial charge in [0.15, 0.2) is 12.4 Å². The van der Waals surface area contributed by atoms with Gasteiger partial charge in [0.1, 0.15) is 10.7 Å². The zero-order chi connectivity index (χ0) is 19.9. The van der Waals surface area contributed by atoms with Crippen molar-refractivity contribution in [3.05, 3.63) is 76.8 Å². The monoisotopic (exact) mass is 402 g/mol. The second-order valence-electron chi connectivity index (χ2n) is 5.54. The highest BCUT2D eigenvalue weighted by Gasteiger charge is 2.15. The summed E-state index contributed by atoms with van der Waals surface area (Å²) in [7, 11) is 0. The minimum absolute atomic E-state index is 0.00891. The van der Waals surface area contributed by atoms with Crippen LogP contribution in [-0.2, 0) is 16.1 Å². The average Bonchev–Trinajstić information content (AvgIpc) is 3.37. The molecule has 0 aliphatic carbocycles. The molecule has 0 saturated carbocycles. The molecule has 0 fully saturated rings. The predicted octanol–water partition coefficient (Wildman–Crippen LogP) is 3.21. The zero-order valence-corrected chi connectivity index (χ0v) is 15.3. The van der Waals surface area contributed by atoms with Gasteiger partial charge < -0.3 is 19.8 Å². The van der Waals surface area contributed by atoms with E-state index >= 15 is 0 Å². The van der Waals surface area contributed by atoms with Crippen molar-refractivity contribution in [2.75, 3.05) is 11.9 Å². The molecule has 144 valence electrons. The van der Waals surface area contributed by atoms with Gasteiger partial charge in [-0.2, -0.15) is 0 Å². The summed E-state index contributed by atoms with van der Waals surface area (Å²) in [6.07, 6.45) is 1.38. The van der Waals surface area contributed by atoms with Crippen LogP contribution in [0, 0.1) is 5.82 Å². The van der Waals surface area contributed by atoms with E-state index in [-0.39, 0.29) is 17.2 Å². The molecule has 0 aliphatic rings. The van der Waals surface area contributed by atoms with Crippen molar-refractivity contribution in [3.8, 4) is 0 Å². The normalized spacial score (nSPS) is 10.3.